The number of hydrogen-bond donors (Lipinski definition) is 1. The zero-order chi connectivity index (χ0) is 14.8. The Hall–Kier alpha value is -2.20. The molecule has 0 radical (unpaired) electrons. The summed E-state index contributed by atoms with van der Waals surface area (Å²) in [6.45, 7) is 0.717. The first kappa shape index (κ1) is 13.8. The van der Waals surface area contributed by atoms with Crippen LogP contribution in [0, 0.1) is 0 Å². The highest BCUT2D eigenvalue weighted by Crippen LogP contribution is 2.40. The van der Waals surface area contributed by atoms with Gasteiger partial charge in [-0.15, -0.1) is 0 Å². The summed E-state index contributed by atoms with van der Waals surface area (Å²) in [5.74, 6) is 2.26. The number of fused-ring (bicyclic) bond motifs is 1. The molecule has 2 N–H and O–H groups in total. The number of benzene rings is 2. The van der Waals surface area contributed by atoms with Gasteiger partial charge in [0.05, 0.1) is 26.9 Å². The topological polar surface area (TPSA) is 53.7 Å². The van der Waals surface area contributed by atoms with E-state index >= 15 is 0 Å². The lowest BCUT2D eigenvalue weighted by atomic mass is 9.95. The molecule has 4 heteroatoms. The lowest BCUT2D eigenvalue weighted by Crippen LogP contribution is -2.14. The Kier molecular flexibility index (Phi) is 3.71. The Morgan fingerprint density at radius 2 is 1.81 bits per heavy atom. The maximum absolute atomic E-state index is 6.47. The molecule has 0 saturated heterocycles. The van der Waals surface area contributed by atoms with Crippen LogP contribution in [-0.2, 0) is 6.42 Å². The zero-order valence-corrected chi connectivity index (χ0v) is 12.3. The molecule has 0 aromatic heterocycles. The molecular weight excluding hydrogens is 266 g/mol. The van der Waals surface area contributed by atoms with E-state index in [4.69, 9.17) is 19.9 Å². The SMILES string of the molecule is COc1cccc(C(N)c2cccc3c2OCC3)c1OC. The molecule has 0 saturated carbocycles. The van der Waals surface area contributed by atoms with E-state index in [0.717, 1.165) is 23.3 Å². The fraction of sp³-hybridized carbons (Fsp3) is 0.294. The molecule has 0 fully saturated rings. The summed E-state index contributed by atoms with van der Waals surface area (Å²) in [6, 6.07) is 11.5. The van der Waals surface area contributed by atoms with Crippen molar-refractivity contribution in [2.45, 2.75) is 12.5 Å². The maximum Gasteiger partial charge on any atom is 0.165 e. The van der Waals surface area contributed by atoms with Gasteiger partial charge >= 0.3 is 0 Å². The van der Waals surface area contributed by atoms with Gasteiger partial charge in [0.1, 0.15) is 5.75 Å². The molecule has 2 aromatic carbocycles. The highest BCUT2D eigenvalue weighted by atomic mass is 16.5. The van der Waals surface area contributed by atoms with Gasteiger partial charge < -0.3 is 19.9 Å². The van der Waals surface area contributed by atoms with Gasteiger partial charge in [-0.05, 0) is 11.6 Å². The minimum Gasteiger partial charge on any atom is -0.493 e. The summed E-state index contributed by atoms with van der Waals surface area (Å²) in [5.41, 5.74) is 9.56. The number of rotatable bonds is 4. The number of hydrogen-bond acceptors (Lipinski definition) is 4. The molecule has 3 rings (SSSR count). The van der Waals surface area contributed by atoms with E-state index in [1.54, 1.807) is 14.2 Å². The van der Waals surface area contributed by atoms with E-state index in [9.17, 15) is 0 Å². The maximum atomic E-state index is 6.47. The normalized spacial score (nSPS) is 14.2. The van der Waals surface area contributed by atoms with Gasteiger partial charge in [-0.1, -0.05) is 30.3 Å². The van der Waals surface area contributed by atoms with E-state index in [2.05, 4.69) is 6.07 Å². The Labute approximate surface area is 124 Å². The van der Waals surface area contributed by atoms with E-state index in [-0.39, 0.29) is 6.04 Å². The summed E-state index contributed by atoms with van der Waals surface area (Å²) < 4.78 is 16.6. The molecule has 0 amide bonds. The highest BCUT2D eigenvalue weighted by Gasteiger charge is 2.24. The van der Waals surface area contributed by atoms with Crippen molar-refractivity contribution in [2.24, 2.45) is 5.73 Å². The van der Waals surface area contributed by atoms with Crippen molar-refractivity contribution in [1.82, 2.24) is 0 Å². The van der Waals surface area contributed by atoms with Gasteiger partial charge in [-0.2, -0.15) is 0 Å². The number of methoxy groups -OCH3 is 2. The Bertz CT molecular complexity index is 654. The summed E-state index contributed by atoms with van der Waals surface area (Å²) >= 11 is 0. The second-order valence-corrected chi connectivity index (χ2v) is 4.99. The van der Waals surface area contributed by atoms with Crippen LogP contribution in [0.25, 0.3) is 0 Å². The molecule has 0 aliphatic carbocycles. The molecule has 1 aliphatic rings. The number of para-hydroxylation sites is 2. The van der Waals surface area contributed by atoms with E-state index < -0.39 is 0 Å². The molecule has 110 valence electrons. The minimum atomic E-state index is -0.317. The predicted octanol–water partition coefficient (Wildman–Crippen LogP) is 2.69. The van der Waals surface area contributed by atoms with Gasteiger partial charge in [0, 0.05) is 17.5 Å². The Morgan fingerprint density at radius 1 is 1.05 bits per heavy atom. The Morgan fingerprint density at radius 3 is 2.57 bits per heavy atom. The number of ether oxygens (including phenoxy) is 3. The third-order valence-electron chi connectivity index (χ3n) is 3.85. The zero-order valence-electron chi connectivity index (χ0n) is 12.3. The van der Waals surface area contributed by atoms with Crippen molar-refractivity contribution in [1.29, 1.82) is 0 Å². The summed E-state index contributed by atoms with van der Waals surface area (Å²) in [4.78, 5) is 0. The molecule has 1 heterocycles. The molecule has 1 unspecified atom stereocenters. The first-order chi connectivity index (χ1) is 10.3. The minimum absolute atomic E-state index is 0.317. The van der Waals surface area contributed by atoms with Crippen LogP contribution in [-0.4, -0.2) is 20.8 Å². The van der Waals surface area contributed by atoms with E-state index in [1.165, 1.54) is 5.56 Å². The summed E-state index contributed by atoms with van der Waals surface area (Å²) in [5, 5.41) is 0. The Balaban J connectivity index is 2.07. The van der Waals surface area contributed by atoms with Crippen LogP contribution in [0.2, 0.25) is 0 Å². The van der Waals surface area contributed by atoms with Crippen LogP contribution in [0.4, 0.5) is 0 Å². The largest absolute Gasteiger partial charge is 0.493 e. The molecule has 21 heavy (non-hydrogen) atoms. The van der Waals surface area contributed by atoms with Crippen molar-refractivity contribution in [3.05, 3.63) is 53.1 Å². The quantitative estimate of drug-likeness (QED) is 0.938. The number of nitrogens with two attached hydrogens (primary N) is 1. The molecule has 4 nitrogen and oxygen atoms in total. The third kappa shape index (κ3) is 2.32. The van der Waals surface area contributed by atoms with Crippen LogP contribution in [0.3, 0.4) is 0 Å². The van der Waals surface area contributed by atoms with E-state index in [0.29, 0.717) is 18.1 Å². The van der Waals surface area contributed by atoms with Gasteiger partial charge in [0.15, 0.2) is 11.5 Å². The molecule has 1 aliphatic heterocycles. The fourth-order valence-electron chi connectivity index (χ4n) is 2.81. The highest BCUT2D eigenvalue weighted by molar-refractivity contribution is 5.54. The monoisotopic (exact) mass is 285 g/mol. The van der Waals surface area contributed by atoms with Crippen LogP contribution in [0.5, 0.6) is 17.2 Å². The lowest BCUT2D eigenvalue weighted by molar-refractivity contribution is 0.346. The van der Waals surface area contributed by atoms with Gasteiger partial charge in [0.2, 0.25) is 0 Å². The van der Waals surface area contributed by atoms with Gasteiger partial charge in [-0.25, -0.2) is 0 Å². The molecule has 1 atom stereocenters. The average Bonchev–Trinajstić information content (AvgIpc) is 3.01. The van der Waals surface area contributed by atoms with Gasteiger partial charge in [-0.3, -0.25) is 0 Å². The smallest absolute Gasteiger partial charge is 0.165 e. The van der Waals surface area contributed by atoms with E-state index in [1.807, 2.05) is 30.3 Å². The molecule has 0 spiro atoms. The van der Waals surface area contributed by atoms with Crippen molar-refractivity contribution in [2.75, 3.05) is 20.8 Å². The van der Waals surface area contributed by atoms with Crippen molar-refractivity contribution in [3.63, 3.8) is 0 Å². The molecular formula is C17H19NO3. The van der Waals surface area contributed by atoms with Crippen molar-refractivity contribution >= 4 is 0 Å². The van der Waals surface area contributed by atoms with Crippen LogP contribution in [0.15, 0.2) is 36.4 Å². The molecule has 2 aromatic rings. The fourth-order valence-corrected chi connectivity index (χ4v) is 2.81. The van der Waals surface area contributed by atoms with Crippen LogP contribution in [0.1, 0.15) is 22.7 Å². The van der Waals surface area contributed by atoms with Crippen molar-refractivity contribution in [3.8, 4) is 17.2 Å². The summed E-state index contributed by atoms with van der Waals surface area (Å²) in [7, 11) is 3.25. The van der Waals surface area contributed by atoms with Crippen LogP contribution < -0.4 is 19.9 Å². The van der Waals surface area contributed by atoms with Crippen LogP contribution >= 0.6 is 0 Å². The van der Waals surface area contributed by atoms with Gasteiger partial charge in [0.25, 0.3) is 0 Å². The first-order valence-electron chi connectivity index (χ1n) is 6.97. The second-order valence-electron chi connectivity index (χ2n) is 4.99. The average molecular weight is 285 g/mol. The standard InChI is InChI=1S/C17H19NO3/c1-19-14-8-4-7-13(17(14)20-2)15(18)12-6-3-5-11-9-10-21-16(11)12/h3-8,15H,9-10,18H2,1-2H3. The third-order valence-corrected chi connectivity index (χ3v) is 3.85. The molecule has 0 bridgehead atoms. The first-order valence-corrected chi connectivity index (χ1v) is 6.97. The van der Waals surface area contributed by atoms with Crippen molar-refractivity contribution < 1.29 is 14.2 Å². The lowest BCUT2D eigenvalue weighted by Gasteiger charge is -2.20. The second kappa shape index (κ2) is 5.66. The predicted molar refractivity (Wildman–Crippen MR) is 81.2 cm³/mol. The summed E-state index contributed by atoms with van der Waals surface area (Å²) in [6.07, 6.45) is 0.936.